The van der Waals surface area contributed by atoms with Crippen LogP contribution in [0.2, 0.25) is 0 Å². The zero-order valence-electron chi connectivity index (χ0n) is 19.0. The highest BCUT2D eigenvalue weighted by molar-refractivity contribution is 8.00. The number of rotatable bonds is 9. The molecule has 0 saturated heterocycles. The first-order valence-corrected chi connectivity index (χ1v) is 11.5. The van der Waals surface area contributed by atoms with Crippen LogP contribution in [0.3, 0.4) is 0 Å². The van der Waals surface area contributed by atoms with Crippen LogP contribution in [0.25, 0.3) is 0 Å². The molecule has 0 spiro atoms. The number of ether oxygens (including phenoxy) is 1. The number of non-ortho nitro benzene ring substituents is 1. The van der Waals surface area contributed by atoms with Gasteiger partial charge in [-0.1, -0.05) is 13.0 Å². The molecular formula is C25H25N3O5S. The molecule has 0 aromatic heterocycles. The number of carbonyl (C=O) groups excluding carboxylic acids is 2. The van der Waals surface area contributed by atoms with Gasteiger partial charge < -0.3 is 15.4 Å². The summed E-state index contributed by atoms with van der Waals surface area (Å²) in [6.45, 7) is 3.63. The SMILES string of the molecule is CCC(Sc1cccc(NC(=O)c2ccc(OC)cc2)c1)C(=O)Nc1ccc([N+](=O)[O-])cc1C. The molecule has 8 nitrogen and oxygen atoms in total. The number of thioether (sulfide) groups is 1. The van der Waals surface area contributed by atoms with E-state index in [-0.39, 0.29) is 22.8 Å². The quantitative estimate of drug-likeness (QED) is 0.232. The maximum Gasteiger partial charge on any atom is 0.269 e. The van der Waals surface area contributed by atoms with Crippen molar-refractivity contribution in [2.75, 3.05) is 17.7 Å². The Balaban J connectivity index is 1.66. The summed E-state index contributed by atoms with van der Waals surface area (Å²) in [7, 11) is 1.56. The van der Waals surface area contributed by atoms with Crippen molar-refractivity contribution in [3.63, 3.8) is 0 Å². The molecule has 0 aliphatic heterocycles. The van der Waals surface area contributed by atoms with Crippen LogP contribution in [0.1, 0.15) is 29.3 Å². The predicted octanol–water partition coefficient (Wildman–Crippen LogP) is 5.67. The number of nitrogens with one attached hydrogen (secondary N) is 2. The number of benzene rings is 3. The molecule has 0 saturated carbocycles. The fourth-order valence-electron chi connectivity index (χ4n) is 3.19. The number of anilines is 2. The maximum atomic E-state index is 12.9. The average Bonchev–Trinajstić information content (AvgIpc) is 2.83. The van der Waals surface area contributed by atoms with Crippen LogP contribution < -0.4 is 15.4 Å². The Morgan fingerprint density at radius 2 is 1.79 bits per heavy atom. The number of nitrogens with zero attached hydrogens (tertiary/aromatic N) is 1. The van der Waals surface area contributed by atoms with Crippen molar-refractivity contribution in [3.8, 4) is 5.75 Å². The Morgan fingerprint density at radius 3 is 2.41 bits per heavy atom. The second kappa shape index (κ2) is 11.3. The number of hydrogen-bond acceptors (Lipinski definition) is 6. The summed E-state index contributed by atoms with van der Waals surface area (Å²) in [6, 6.07) is 18.4. The molecule has 176 valence electrons. The maximum absolute atomic E-state index is 12.9. The first kappa shape index (κ1) is 24.8. The number of carbonyl (C=O) groups is 2. The number of nitro groups is 1. The minimum atomic E-state index is -0.469. The van der Waals surface area contributed by atoms with E-state index in [0.717, 1.165) is 4.90 Å². The van der Waals surface area contributed by atoms with Crippen LogP contribution in [0.5, 0.6) is 5.75 Å². The molecule has 9 heteroatoms. The van der Waals surface area contributed by atoms with E-state index in [1.54, 1.807) is 44.4 Å². The summed E-state index contributed by atoms with van der Waals surface area (Å²) in [5.74, 6) is 0.225. The van der Waals surface area contributed by atoms with Crippen LogP contribution in [0.4, 0.5) is 17.1 Å². The fourth-order valence-corrected chi connectivity index (χ4v) is 4.21. The van der Waals surface area contributed by atoms with E-state index < -0.39 is 4.92 Å². The normalized spacial score (nSPS) is 11.4. The third kappa shape index (κ3) is 6.35. The Hall–Kier alpha value is -3.85. The van der Waals surface area contributed by atoms with Crippen molar-refractivity contribution < 1.29 is 19.2 Å². The lowest BCUT2D eigenvalue weighted by Crippen LogP contribution is -2.25. The van der Waals surface area contributed by atoms with Gasteiger partial charge in [0.2, 0.25) is 5.91 Å². The summed E-state index contributed by atoms with van der Waals surface area (Å²) >= 11 is 1.38. The van der Waals surface area contributed by atoms with Crippen LogP contribution in [-0.2, 0) is 4.79 Å². The Bertz CT molecular complexity index is 1200. The molecule has 0 aliphatic rings. The molecule has 34 heavy (non-hydrogen) atoms. The molecule has 0 bridgehead atoms. The highest BCUT2D eigenvalue weighted by Crippen LogP contribution is 2.29. The van der Waals surface area contributed by atoms with Crippen molar-refractivity contribution in [3.05, 3.63) is 88.0 Å². The molecule has 0 aliphatic carbocycles. The molecule has 0 fully saturated rings. The molecule has 3 aromatic rings. The van der Waals surface area contributed by atoms with Crippen molar-refractivity contribution in [1.82, 2.24) is 0 Å². The molecular weight excluding hydrogens is 454 g/mol. The van der Waals surface area contributed by atoms with Gasteiger partial charge in [0.1, 0.15) is 5.75 Å². The molecule has 0 radical (unpaired) electrons. The second-order valence-electron chi connectivity index (χ2n) is 7.47. The van der Waals surface area contributed by atoms with E-state index in [2.05, 4.69) is 10.6 Å². The number of methoxy groups -OCH3 is 1. The van der Waals surface area contributed by atoms with Gasteiger partial charge in [-0.25, -0.2) is 0 Å². The smallest absolute Gasteiger partial charge is 0.269 e. The molecule has 2 N–H and O–H groups in total. The van der Waals surface area contributed by atoms with Crippen molar-refractivity contribution >= 4 is 40.6 Å². The first-order valence-electron chi connectivity index (χ1n) is 10.6. The van der Waals surface area contributed by atoms with E-state index in [0.29, 0.717) is 34.7 Å². The minimum absolute atomic E-state index is 0.0228. The van der Waals surface area contributed by atoms with Gasteiger partial charge in [0.25, 0.3) is 11.6 Å². The van der Waals surface area contributed by atoms with Crippen molar-refractivity contribution in [2.24, 2.45) is 0 Å². The lowest BCUT2D eigenvalue weighted by atomic mass is 10.1. The molecule has 3 aromatic carbocycles. The molecule has 0 heterocycles. The number of nitro benzene ring substituents is 1. The summed E-state index contributed by atoms with van der Waals surface area (Å²) < 4.78 is 5.11. The monoisotopic (exact) mass is 479 g/mol. The lowest BCUT2D eigenvalue weighted by molar-refractivity contribution is -0.384. The van der Waals surface area contributed by atoms with Gasteiger partial charge in [-0.05, 0) is 67.4 Å². The van der Waals surface area contributed by atoms with Gasteiger partial charge in [0.15, 0.2) is 0 Å². The van der Waals surface area contributed by atoms with E-state index in [1.165, 1.54) is 30.0 Å². The molecule has 2 amide bonds. The van der Waals surface area contributed by atoms with Gasteiger partial charge in [-0.2, -0.15) is 0 Å². The van der Waals surface area contributed by atoms with Gasteiger partial charge in [-0.15, -0.1) is 11.8 Å². The number of aryl methyl sites for hydroxylation is 1. The van der Waals surface area contributed by atoms with Gasteiger partial charge >= 0.3 is 0 Å². The van der Waals surface area contributed by atoms with E-state index in [9.17, 15) is 19.7 Å². The molecule has 3 rings (SSSR count). The Kier molecular flexibility index (Phi) is 8.26. The van der Waals surface area contributed by atoms with Crippen LogP contribution in [0, 0.1) is 17.0 Å². The van der Waals surface area contributed by atoms with E-state index >= 15 is 0 Å². The van der Waals surface area contributed by atoms with Crippen LogP contribution in [0.15, 0.2) is 71.6 Å². The fraction of sp³-hybridized carbons (Fsp3) is 0.200. The van der Waals surface area contributed by atoms with Gasteiger partial charge in [0.05, 0.1) is 17.3 Å². The zero-order chi connectivity index (χ0) is 24.7. The summed E-state index contributed by atoms with van der Waals surface area (Å²) in [4.78, 5) is 36.7. The van der Waals surface area contributed by atoms with E-state index in [1.807, 2.05) is 25.1 Å². The summed E-state index contributed by atoms with van der Waals surface area (Å²) in [5.41, 5.74) is 2.25. The predicted molar refractivity (Wildman–Crippen MR) is 134 cm³/mol. The highest BCUT2D eigenvalue weighted by Gasteiger charge is 2.20. The number of amides is 2. The minimum Gasteiger partial charge on any atom is -0.497 e. The topological polar surface area (TPSA) is 111 Å². The highest BCUT2D eigenvalue weighted by atomic mass is 32.2. The van der Waals surface area contributed by atoms with Crippen molar-refractivity contribution in [2.45, 2.75) is 30.4 Å². The zero-order valence-corrected chi connectivity index (χ0v) is 19.8. The Labute approximate surface area is 201 Å². The third-order valence-corrected chi connectivity index (χ3v) is 6.42. The van der Waals surface area contributed by atoms with Crippen molar-refractivity contribution in [1.29, 1.82) is 0 Å². The second-order valence-corrected chi connectivity index (χ2v) is 8.75. The summed E-state index contributed by atoms with van der Waals surface area (Å²) in [6.07, 6.45) is 0.574. The largest absolute Gasteiger partial charge is 0.497 e. The standard InChI is InChI=1S/C25H25N3O5S/c1-4-23(25(30)27-22-13-10-19(28(31)32)14-16(22)2)34-21-7-5-6-18(15-21)26-24(29)17-8-11-20(33-3)12-9-17/h5-15,23H,4H2,1-3H3,(H,26,29)(H,27,30). The van der Waals surface area contributed by atoms with E-state index in [4.69, 9.17) is 4.74 Å². The van der Waals surface area contributed by atoms with Gasteiger partial charge in [-0.3, -0.25) is 19.7 Å². The van der Waals surface area contributed by atoms with Gasteiger partial charge in [0, 0.05) is 34.0 Å². The summed E-state index contributed by atoms with van der Waals surface area (Å²) in [5, 5.41) is 16.3. The number of hydrogen-bond donors (Lipinski definition) is 2. The molecule has 1 atom stereocenters. The van der Waals surface area contributed by atoms with Crippen LogP contribution >= 0.6 is 11.8 Å². The first-order chi connectivity index (χ1) is 16.3. The molecule has 1 unspecified atom stereocenters. The Morgan fingerprint density at radius 1 is 1.06 bits per heavy atom. The third-order valence-electron chi connectivity index (χ3n) is 5.06. The van der Waals surface area contributed by atoms with Crippen LogP contribution in [-0.4, -0.2) is 29.1 Å². The average molecular weight is 480 g/mol. The lowest BCUT2D eigenvalue weighted by Gasteiger charge is -2.16.